The van der Waals surface area contributed by atoms with Gasteiger partial charge in [-0.05, 0) is 37.1 Å². The molecule has 11 heteroatoms. The molecule has 0 fully saturated rings. The number of unbranched alkanes of at least 4 members (excludes halogenated alkanes) is 10. The quantitative estimate of drug-likeness (QED) is 0.0660. The van der Waals surface area contributed by atoms with E-state index in [1.165, 1.54) is 36.4 Å². The van der Waals surface area contributed by atoms with Gasteiger partial charge in [-0.3, -0.25) is 9.35 Å². The van der Waals surface area contributed by atoms with Crippen molar-refractivity contribution < 1.29 is 41.9 Å². The van der Waals surface area contributed by atoms with Gasteiger partial charge in [0.25, 0.3) is 16.0 Å². The van der Waals surface area contributed by atoms with Crippen molar-refractivity contribution in [3.63, 3.8) is 0 Å². The molecular formula is C35H45NO9S. The number of esters is 2. The third-order valence-electron chi connectivity index (χ3n) is 7.63. The molecule has 3 aromatic carbocycles. The molecule has 0 spiro atoms. The van der Waals surface area contributed by atoms with Crippen LogP contribution in [0.15, 0.2) is 53.4 Å². The molecule has 0 aliphatic carbocycles. The molecule has 46 heavy (non-hydrogen) atoms. The van der Waals surface area contributed by atoms with E-state index in [9.17, 15) is 32.5 Å². The molecule has 0 aliphatic rings. The molecule has 0 heterocycles. The van der Waals surface area contributed by atoms with E-state index in [1.54, 1.807) is 6.07 Å². The summed E-state index contributed by atoms with van der Waals surface area (Å²) in [5.41, 5.74) is -0.394. The van der Waals surface area contributed by atoms with Crippen molar-refractivity contribution in [3.8, 4) is 5.75 Å². The summed E-state index contributed by atoms with van der Waals surface area (Å²) in [4.78, 5) is 38.8. The number of phenols is 1. The first kappa shape index (κ1) is 36.5. The van der Waals surface area contributed by atoms with E-state index in [0.717, 1.165) is 70.3 Å². The van der Waals surface area contributed by atoms with E-state index in [1.807, 2.05) is 0 Å². The van der Waals surface area contributed by atoms with Gasteiger partial charge in [-0.25, -0.2) is 9.59 Å². The van der Waals surface area contributed by atoms with Crippen LogP contribution in [0, 0.1) is 0 Å². The lowest BCUT2D eigenvalue weighted by Gasteiger charge is -2.14. The summed E-state index contributed by atoms with van der Waals surface area (Å²) in [7, 11) is -4.76. The molecule has 0 unspecified atom stereocenters. The van der Waals surface area contributed by atoms with Crippen molar-refractivity contribution in [1.82, 2.24) is 0 Å². The lowest BCUT2D eigenvalue weighted by Crippen LogP contribution is -2.16. The van der Waals surface area contributed by atoms with Gasteiger partial charge in [-0.2, -0.15) is 8.42 Å². The third kappa shape index (κ3) is 10.8. The predicted octanol–water partition coefficient (Wildman–Crippen LogP) is 8.08. The summed E-state index contributed by atoms with van der Waals surface area (Å²) >= 11 is 0. The van der Waals surface area contributed by atoms with Gasteiger partial charge in [-0.15, -0.1) is 0 Å². The minimum Gasteiger partial charge on any atom is -0.506 e. The third-order valence-corrected chi connectivity index (χ3v) is 8.52. The van der Waals surface area contributed by atoms with Gasteiger partial charge in [0.05, 0.1) is 29.9 Å². The van der Waals surface area contributed by atoms with Gasteiger partial charge in [0.2, 0.25) is 0 Å². The van der Waals surface area contributed by atoms with Gasteiger partial charge in [0.1, 0.15) is 10.6 Å². The van der Waals surface area contributed by atoms with Crippen LogP contribution in [0.1, 0.15) is 122 Å². The van der Waals surface area contributed by atoms with Crippen LogP contribution in [0.4, 0.5) is 5.69 Å². The maximum Gasteiger partial charge on any atom is 0.338 e. The van der Waals surface area contributed by atoms with E-state index in [4.69, 9.17) is 9.47 Å². The summed E-state index contributed by atoms with van der Waals surface area (Å²) in [5.74, 6) is -2.81. The molecule has 0 aromatic heterocycles. The van der Waals surface area contributed by atoms with E-state index in [0.29, 0.717) is 12.8 Å². The standard InChI is InChI=1S/C35H45NO9S/c1-3-5-7-9-11-15-19-44-34(39)25-21-26(35(40)45-20-16-12-10-8-6-4-2)23-27(22-25)36-33(38)30-24-31(46(41,42)43)28-17-13-14-18-29(28)32(30)37/h13-14,17-18,21-24,37H,3-12,15-16,19-20H2,1-2H3,(H,36,38)(H,41,42,43). The number of hydrogen-bond donors (Lipinski definition) is 3. The highest BCUT2D eigenvalue weighted by Gasteiger charge is 2.24. The first-order chi connectivity index (χ1) is 22.1. The molecule has 0 aliphatic heterocycles. The number of phenolic OH excluding ortho intramolecular Hbond substituents is 1. The van der Waals surface area contributed by atoms with Crippen molar-refractivity contribution in [3.05, 3.63) is 65.2 Å². The van der Waals surface area contributed by atoms with Crippen LogP contribution in [0.2, 0.25) is 0 Å². The van der Waals surface area contributed by atoms with Crippen molar-refractivity contribution in [2.45, 2.75) is 95.8 Å². The lowest BCUT2D eigenvalue weighted by molar-refractivity contribution is 0.0495. The van der Waals surface area contributed by atoms with Crippen molar-refractivity contribution in [1.29, 1.82) is 0 Å². The molecule has 0 bridgehead atoms. The zero-order valence-corrected chi connectivity index (χ0v) is 27.5. The van der Waals surface area contributed by atoms with E-state index >= 15 is 0 Å². The number of nitrogens with one attached hydrogen (secondary N) is 1. The number of fused-ring (bicyclic) bond motifs is 1. The summed E-state index contributed by atoms with van der Waals surface area (Å²) in [5, 5.41) is 13.5. The van der Waals surface area contributed by atoms with Crippen LogP contribution >= 0.6 is 0 Å². The van der Waals surface area contributed by atoms with Crippen LogP contribution in [0.3, 0.4) is 0 Å². The maximum absolute atomic E-state index is 13.4. The molecule has 3 N–H and O–H groups in total. The van der Waals surface area contributed by atoms with Gasteiger partial charge in [0, 0.05) is 16.5 Å². The number of carbonyl (C=O) groups excluding carboxylic acids is 3. The second kappa shape index (κ2) is 18.3. The normalized spacial score (nSPS) is 11.4. The molecule has 0 radical (unpaired) electrons. The highest BCUT2D eigenvalue weighted by atomic mass is 32.2. The van der Waals surface area contributed by atoms with E-state index in [-0.39, 0.29) is 40.8 Å². The summed E-state index contributed by atoms with van der Waals surface area (Å²) in [6.45, 7) is 4.67. The average molecular weight is 656 g/mol. The number of hydrogen-bond acceptors (Lipinski definition) is 8. The van der Waals surface area contributed by atoms with Crippen LogP contribution in [-0.2, 0) is 19.6 Å². The Labute approximate surface area is 271 Å². The first-order valence-electron chi connectivity index (χ1n) is 16.1. The van der Waals surface area contributed by atoms with Gasteiger partial charge < -0.3 is 19.9 Å². The fourth-order valence-electron chi connectivity index (χ4n) is 5.11. The van der Waals surface area contributed by atoms with Crippen LogP contribution in [-0.4, -0.2) is 49.1 Å². The van der Waals surface area contributed by atoms with Gasteiger partial charge in [-0.1, -0.05) is 102 Å². The number of anilines is 1. The highest BCUT2D eigenvalue weighted by Crippen LogP contribution is 2.34. The molecule has 0 saturated heterocycles. The Hall–Kier alpha value is -3.96. The monoisotopic (exact) mass is 655 g/mol. The number of aromatic hydroxyl groups is 1. The number of ether oxygens (including phenoxy) is 2. The van der Waals surface area contributed by atoms with Crippen molar-refractivity contribution >= 4 is 44.4 Å². The van der Waals surface area contributed by atoms with Gasteiger partial charge in [0.15, 0.2) is 0 Å². The fraction of sp³-hybridized carbons (Fsp3) is 0.457. The van der Waals surface area contributed by atoms with Crippen molar-refractivity contribution in [2.75, 3.05) is 18.5 Å². The molecule has 10 nitrogen and oxygen atoms in total. The minimum absolute atomic E-state index is 0.0108. The summed E-state index contributed by atoms with van der Waals surface area (Å²) in [6.07, 6.45) is 12.1. The molecule has 250 valence electrons. The Morgan fingerprint density at radius 2 is 1.17 bits per heavy atom. The predicted molar refractivity (Wildman–Crippen MR) is 177 cm³/mol. The summed E-state index contributed by atoms with van der Waals surface area (Å²) in [6, 6.07) is 10.7. The van der Waals surface area contributed by atoms with Crippen molar-refractivity contribution in [2.24, 2.45) is 0 Å². The summed E-state index contributed by atoms with van der Waals surface area (Å²) < 4.78 is 44.9. The minimum atomic E-state index is -4.76. The Morgan fingerprint density at radius 1 is 0.696 bits per heavy atom. The molecule has 3 aromatic rings. The lowest BCUT2D eigenvalue weighted by atomic mass is 10.0. The van der Waals surface area contributed by atoms with E-state index < -0.39 is 44.2 Å². The number of carbonyl (C=O) groups is 3. The Morgan fingerprint density at radius 3 is 1.67 bits per heavy atom. The first-order valence-corrected chi connectivity index (χ1v) is 17.5. The Bertz CT molecular complexity index is 1550. The molecule has 1 amide bonds. The SMILES string of the molecule is CCCCCCCCOC(=O)c1cc(NC(=O)c2cc(S(=O)(=O)O)c3ccccc3c2O)cc(C(=O)OCCCCCCCC)c1. The van der Waals surface area contributed by atoms with Crippen LogP contribution in [0.25, 0.3) is 10.8 Å². The topological polar surface area (TPSA) is 156 Å². The second-order valence-corrected chi connectivity index (χ2v) is 12.7. The maximum atomic E-state index is 13.4. The zero-order chi connectivity index (χ0) is 33.5. The number of benzene rings is 3. The Balaban J connectivity index is 1.83. The number of rotatable bonds is 19. The largest absolute Gasteiger partial charge is 0.506 e. The molecule has 3 rings (SSSR count). The zero-order valence-electron chi connectivity index (χ0n) is 26.7. The Kier molecular flexibility index (Phi) is 14.5. The van der Waals surface area contributed by atoms with Crippen LogP contribution in [0.5, 0.6) is 5.75 Å². The average Bonchev–Trinajstić information content (AvgIpc) is 3.03. The second-order valence-electron chi connectivity index (χ2n) is 11.4. The molecule has 0 atom stereocenters. The fourth-order valence-corrected chi connectivity index (χ4v) is 5.83. The smallest absolute Gasteiger partial charge is 0.338 e. The number of amides is 1. The molecule has 0 saturated carbocycles. The molecular weight excluding hydrogens is 610 g/mol. The van der Waals surface area contributed by atoms with Crippen LogP contribution < -0.4 is 5.32 Å². The van der Waals surface area contributed by atoms with Gasteiger partial charge >= 0.3 is 11.9 Å². The van der Waals surface area contributed by atoms with E-state index in [2.05, 4.69) is 19.2 Å². The highest BCUT2D eigenvalue weighted by molar-refractivity contribution is 7.86.